The number of carboxylic acids is 1. The van der Waals surface area contributed by atoms with Crippen molar-refractivity contribution in [2.75, 3.05) is 24.0 Å². The van der Waals surface area contributed by atoms with E-state index in [4.69, 9.17) is 5.73 Å². The molecule has 0 spiro atoms. The summed E-state index contributed by atoms with van der Waals surface area (Å²) in [4.78, 5) is 49.4. The molecule has 0 saturated carbocycles. The van der Waals surface area contributed by atoms with Crippen LogP contribution in [-0.2, 0) is 25.6 Å². The maximum absolute atomic E-state index is 12.9. The molecule has 0 aromatic heterocycles. The van der Waals surface area contributed by atoms with E-state index in [-0.39, 0.29) is 12.8 Å². The number of amides is 3. The lowest BCUT2D eigenvalue weighted by Gasteiger charge is -2.24. The molecular formula is C22H34N4O5S2. The third kappa shape index (κ3) is 11.0. The number of carboxylic acid groups (broad SMARTS) is 1. The van der Waals surface area contributed by atoms with Crippen LogP contribution in [0.5, 0.6) is 0 Å². The van der Waals surface area contributed by atoms with Crippen molar-refractivity contribution >= 4 is 47.2 Å². The van der Waals surface area contributed by atoms with Crippen molar-refractivity contribution in [2.24, 2.45) is 5.73 Å². The van der Waals surface area contributed by atoms with Gasteiger partial charge in [0.1, 0.15) is 18.1 Å². The minimum atomic E-state index is -1.14. The van der Waals surface area contributed by atoms with E-state index in [0.717, 1.165) is 11.3 Å². The van der Waals surface area contributed by atoms with Crippen molar-refractivity contribution in [3.8, 4) is 0 Å². The first kappa shape index (κ1) is 28.8. The smallest absolute Gasteiger partial charge is 0.326 e. The van der Waals surface area contributed by atoms with Gasteiger partial charge in [0.2, 0.25) is 17.7 Å². The Kier molecular flexibility index (Phi) is 13.6. The summed E-state index contributed by atoms with van der Waals surface area (Å²) < 4.78 is 0. The summed E-state index contributed by atoms with van der Waals surface area (Å²) in [5.41, 5.74) is 6.64. The SMILES string of the molecule is CSCCC(N)C(=O)NC(C)C(=O)NC(Cc1ccccc1)C(=O)NC(CCSC)C(=O)O. The lowest BCUT2D eigenvalue weighted by atomic mass is 10.0. The number of benzene rings is 1. The molecule has 184 valence electrons. The Bertz CT molecular complexity index is 781. The van der Waals surface area contributed by atoms with Crippen LogP contribution in [-0.4, -0.2) is 77.0 Å². The zero-order valence-corrected chi connectivity index (χ0v) is 20.8. The highest BCUT2D eigenvalue weighted by Gasteiger charge is 2.28. The second-order valence-corrected chi connectivity index (χ2v) is 9.52. The van der Waals surface area contributed by atoms with Gasteiger partial charge in [0.25, 0.3) is 0 Å². The average molecular weight is 499 g/mol. The first-order valence-corrected chi connectivity index (χ1v) is 13.4. The predicted molar refractivity (Wildman–Crippen MR) is 133 cm³/mol. The number of hydrogen-bond donors (Lipinski definition) is 5. The van der Waals surface area contributed by atoms with Crippen LogP contribution < -0.4 is 21.7 Å². The van der Waals surface area contributed by atoms with Crippen molar-refractivity contribution in [2.45, 2.75) is 50.4 Å². The summed E-state index contributed by atoms with van der Waals surface area (Å²) in [6.45, 7) is 1.50. The number of carbonyl (C=O) groups excluding carboxylic acids is 3. The summed E-state index contributed by atoms with van der Waals surface area (Å²) in [7, 11) is 0. The molecule has 0 aliphatic carbocycles. The van der Waals surface area contributed by atoms with Crippen molar-refractivity contribution in [3.05, 3.63) is 35.9 Å². The summed E-state index contributed by atoms with van der Waals surface area (Å²) in [6, 6.07) is 5.34. The highest BCUT2D eigenvalue weighted by atomic mass is 32.2. The van der Waals surface area contributed by atoms with Crippen LogP contribution in [0.25, 0.3) is 0 Å². The number of nitrogens with one attached hydrogen (secondary N) is 3. The quantitative estimate of drug-likeness (QED) is 0.236. The summed E-state index contributed by atoms with van der Waals surface area (Å²) in [5.74, 6) is -1.47. The minimum Gasteiger partial charge on any atom is -0.480 e. The molecule has 0 fully saturated rings. The summed E-state index contributed by atoms with van der Waals surface area (Å²) in [5, 5.41) is 17.2. The van der Waals surface area contributed by atoms with Gasteiger partial charge in [0, 0.05) is 6.42 Å². The standard InChI is InChI=1S/C22H34N4O5S2/c1-14(24-20(28)16(23)9-11-32-2)19(27)26-18(13-15-7-5-4-6-8-15)21(29)25-17(22(30)31)10-12-33-3/h4-8,14,16-18H,9-13,23H2,1-3H3,(H,24,28)(H,25,29)(H,26,27)(H,30,31). The fraction of sp³-hybridized carbons (Fsp3) is 0.545. The molecule has 11 heteroatoms. The number of rotatable bonds is 15. The molecule has 6 N–H and O–H groups in total. The number of hydrogen-bond acceptors (Lipinski definition) is 7. The molecule has 0 radical (unpaired) electrons. The van der Waals surface area contributed by atoms with Crippen LogP contribution >= 0.6 is 23.5 Å². The Morgan fingerprint density at radius 1 is 0.879 bits per heavy atom. The van der Waals surface area contributed by atoms with Crippen molar-refractivity contribution in [3.63, 3.8) is 0 Å². The lowest BCUT2D eigenvalue weighted by Crippen LogP contribution is -2.57. The Balaban J connectivity index is 2.88. The van der Waals surface area contributed by atoms with Gasteiger partial charge < -0.3 is 26.8 Å². The zero-order chi connectivity index (χ0) is 24.8. The molecule has 3 amide bonds. The molecule has 4 atom stereocenters. The van der Waals surface area contributed by atoms with Crippen LogP contribution in [0.4, 0.5) is 0 Å². The molecule has 33 heavy (non-hydrogen) atoms. The lowest BCUT2D eigenvalue weighted by molar-refractivity contribution is -0.142. The Hall–Kier alpha value is -2.24. The van der Waals surface area contributed by atoms with Crippen molar-refractivity contribution < 1.29 is 24.3 Å². The fourth-order valence-corrected chi connectivity index (χ4v) is 3.84. The van der Waals surface area contributed by atoms with Crippen molar-refractivity contribution in [1.82, 2.24) is 16.0 Å². The van der Waals surface area contributed by atoms with E-state index in [0.29, 0.717) is 12.2 Å². The van der Waals surface area contributed by atoms with E-state index < -0.39 is 47.9 Å². The molecule has 0 saturated heterocycles. The van der Waals surface area contributed by atoms with Crippen LogP contribution in [0.2, 0.25) is 0 Å². The van der Waals surface area contributed by atoms with E-state index in [1.54, 1.807) is 11.8 Å². The molecule has 9 nitrogen and oxygen atoms in total. The topological polar surface area (TPSA) is 151 Å². The van der Waals surface area contributed by atoms with E-state index in [2.05, 4.69) is 16.0 Å². The van der Waals surface area contributed by atoms with E-state index in [9.17, 15) is 24.3 Å². The minimum absolute atomic E-state index is 0.168. The number of aliphatic carboxylic acids is 1. The third-order valence-electron chi connectivity index (χ3n) is 4.86. The highest BCUT2D eigenvalue weighted by molar-refractivity contribution is 7.98. The monoisotopic (exact) mass is 498 g/mol. The molecule has 0 heterocycles. The van der Waals surface area contributed by atoms with Gasteiger partial charge in [-0.3, -0.25) is 14.4 Å². The predicted octanol–water partition coefficient (Wildman–Crippen LogP) is 0.622. The van der Waals surface area contributed by atoms with Crippen LogP contribution in [0.15, 0.2) is 30.3 Å². The Morgan fingerprint density at radius 2 is 1.45 bits per heavy atom. The molecule has 1 rings (SSSR count). The largest absolute Gasteiger partial charge is 0.480 e. The molecule has 1 aromatic carbocycles. The van der Waals surface area contributed by atoms with E-state index in [1.807, 2.05) is 42.8 Å². The van der Waals surface area contributed by atoms with E-state index in [1.165, 1.54) is 18.7 Å². The fourth-order valence-electron chi connectivity index (χ4n) is 2.88. The molecule has 0 aliphatic rings. The number of nitrogens with two attached hydrogens (primary N) is 1. The molecular weight excluding hydrogens is 464 g/mol. The molecule has 1 aromatic rings. The first-order valence-electron chi connectivity index (χ1n) is 10.6. The maximum atomic E-state index is 12.9. The van der Waals surface area contributed by atoms with Gasteiger partial charge in [-0.05, 0) is 49.3 Å². The van der Waals surface area contributed by atoms with Crippen LogP contribution in [0.3, 0.4) is 0 Å². The zero-order valence-electron chi connectivity index (χ0n) is 19.2. The summed E-state index contributed by atoms with van der Waals surface area (Å²) in [6.07, 6.45) is 4.67. The number of thioether (sulfide) groups is 2. The van der Waals surface area contributed by atoms with Crippen LogP contribution in [0.1, 0.15) is 25.3 Å². The second-order valence-electron chi connectivity index (χ2n) is 7.55. The van der Waals surface area contributed by atoms with Gasteiger partial charge in [0.15, 0.2) is 0 Å². The highest BCUT2D eigenvalue weighted by Crippen LogP contribution is 2.07. The van der Waals surface area contributed by atoms with Gasteiger partial charge in [-0.15, -0.1) is 0 Å². The number of carbonyl (C=O) groups is 4. The van der Waals surface area contributed by atoms with Gasteiger partial charge in [-0.1, -0.05) is 30.3 Å². The maximum Gasteiger partial charge on any atom is 0.326 e. The molecule has 0 aliphatic heterocycles. The Morgan fingerprint density at radius 3 is 2.03 bits per heavy atom. The molecule has 0 bridgehead atoms. The van der Waals surface area contributed by atoms with Gasteiger partial charge in [0.05, 0.1) is 6.04 Å². The van der Waals surface area contributed by atoms with Crippen molar-refractivity contribution in [1.29, 1.82) is 0 Å². The Labute approximate surface area is 203 Å². The third-order valence-corrected chi connectivity index (χ3v) is 6.15. The second kappa shape index (κ2) is 15.6. The van der Waals surface area contributed by atoms with E-state index >= 15 is 0 Å². The average Bonchev–Trinajstić information content (AvgIpc) is 2.79. The van der Waals surface area contributed by atoms with Crippen LogP contribution in [0, 0.1) is 0 Å². The van der Waals surface area contributed by atoms with Gasteiger partial charge >= 0.3 is 5.97 Å². The molecule has 4 unspecified atom stereocenters. The summed E-state index contributed by atoms with van der Waals surface area (Å²) >= 11 is 3.05. The normalized spacial score (nSPS) is 14.4. The van der Waals surface area contributed by atoms with Gasteiger partial charge in [-0.25, -0.2) is 4.79 Å². The first-order chi connectivity index (χ1) is 15.7. The van der Waals surface area contributed by atoms with Gasteiger partial charge in [-0.2, -0.15) is 23.5 Å².